The van der Waals surface area contributed by atoms with Gasteiger partial charge in [0, 0.05) is 26.2 Å². The van der Waals surface area contributed by atoms with E-state index in [1.807, 2.05) is 41.8 Å². The number of sulfonamides is 1. The van der Waals surface area contributed by atoms with Crippen molar-refractivity contribution in [3.05, 3.63) is 48.5 Å². The third-order valence-corrected chi connectivity index (χ3v) is 7.40. The van der Waals surface area contributed by atoms with Crippen LogP contribution in [0.2, 0.25) is 0 Å². The van der Waals surface area contributed by atoms with E-state index in [0.717, 1.165) is 15.7 Å². The Morgan fingerprint density at radius 3 is 2.50 bits per heavy atom. The van der Waals surface area contributed by atoms with Crippen LogP contribution in [0.1, 0.15) is 6.92 Å². The lowest BCUT2D eigenvalue weighted by atomic mass is 10.2. The molecule has 32 heavy (non-hydrogen) atoms. The summed E-state index contributed by atoms with van der Waals surface area (Å²) < 4.78 is 33.2. The van der Waals surface area contributed by atoms with Gasteiger partial charge in [0.25, 0.3) is 0 Å². The van der Waals surface area contributed by atoms with E-state index in [1.165, 1.54) is 51.2 Å². The molecule has 0 aliphatic heterocycles. The Hall–Kier alpha value is -2.89. The molecular weight excluding hydrogens is 450 g/mol. The third-order valence-electron chi connectivity index (χ3n) is 4.62. The molecule has 1 aromatic heterocycles. The molecule has 0 aliphatic rings. The van der Waals surface area contributed by atoms with Crippen molar-refractivity contribution in [1.29, 1.82) is 0 Å². The maximum atomic E-state index is 12.6. The molecule has 0 saturated carbocycles. The molecular formula is C21H25N5O4S2. The van der Waals surface area contributed by atoms with E-state index in [0.29, 0.717) is 17.5 Å². The number of carbonyl (C=O) groups excluding carboxylic acids is 1. The van der Waals surface area contributed by atoms with Gasteiger partial charge in [0.2, 0.25) is 15.9 Å². The fraction of sp³-hybridized carbons (Fsp3) is 0.286. The van der Waals surface area contributed by atoms with Gasteiger partial charge in [-0.25, -0.2) is 12.7 Å². The first-order valence-corrected chi connectivity index (χ1v) is 12.2. The molecule has 0 unspecified atom stereocenters. The number of hydrogen-bond acceptors (Lipinski definition) is 7. The zero-order valence-electron chi connectivity index (χ0n) is 18.3. The summed E-state index contributed by atoms with van der Waals surface area (Å²) in [5.41, 5.74) is 1.23. The van der Waals surface area contributed by atoms with Gasteiger partial charge in [0.05, 0.1) is 23.4 Å². The van der Waals surface area contributed by atoms with E-state index in [1.54, 1.807) is 0 Å². The van der Waals surface area contributed by atoms with Gasteiger partial charge in [0.15, 0.2) is 11.0 Å². The van der Waals surface area contributed by atoms with E-state index in [2.05, 4.69) is 15.5 Å². The summed E-state index contributed by atoms with van der Waals surface area (Å²) in [5, 5.41) is 11.9. The normalized spacial score (nSPS) is 11.5. The van der Waals surface area contributed by atoms with Crippen LogP contribution in [0.25, 0.3) is 11.4 Å². The topological polar surface area (TPSA) is 106 Å². The van der Waals surface area contributed by atoms with Gasteiger partial charge < -0.3 is 14.6 Å². The summed E-state index contributed by atoms with van der Waals surface area (Å²) in [6.45, 7) is 2.64. The van der Waals surface area contributed by atoms with Crippen LogP contribution >= 0.6 is 11.8 Å². The molecule has 9 nitrogen and oxygen atoms in total. The number of hydrogen-bond donors (Lipinski definition) is 1. The Bertz CT molecular complexity index is 1190. The Morgan fingerprint density at radius 2 is 1.88 bits per heavy atom. The van der Waals surface area contributed by atoms with Crippen molar-refractivity contribution >= 4 is 33.4 Å². The molecule has 0 spiro atoms. The predicted molar refractivity (Wildman–Crippen MR) is 124 cm³/mol. The lowest BCUT2D eigenvalue weighted by molar-refractivity contribution is -0.113. The summed E-state index contributed by atoms with van der Waals surface area (Å²) in [5.74, 6) is 0.851. The Kier molecular flexibility index (Phi) is 7.54. The molecule has 0 radical (unpaired) electrons. The van der Waals surface area contributed by atoms with Gasteiger partial charge in [0.1, 0.15) is 5.75 Å². The molecule has 170 valence electrons. The molecule has 0 saturated heterocycles. The average Bonchev–Trinajstić information content (AvgIpc) is 3.21. The number of nitrogens with zero attached hydrogens (tertiary/aromatic N) is 4. The van der Waals surface area contributed by atoms with E-state index in [9.17, 15) is 13.2 Å². The standard InChI is InChI=1S/C21H25N5O4S2/c1-5-26-20(15-9-7-6-8-10-15)23-24-21(26)31-14-19(27)22-17-13-16(11-12-18(17)30-4)32(28,29)25(2)3/h6-13H,5,14H2,1-4H3,(H,22,27). The lowest BCUT2D eigenvalue weighted by Crippen LogP contribution is -2.22. The molecule has 3 aromatic rings. The first-order valence-electron chi connectivity index (χ1n) is 9.79. The summed E-state index contributed by atoms with van der Waals surface area (Å²) in [6.07, 6.45) is 0. The van der Waals surface area contributed by atoms with E-state index in [-0.39, 0.29) is 22.2 Å². The highest BCUT2D eigenvalue weighted by molar-refractivity contribution is 7.99. The molecule has 0 atom stereocenters. The molecule has 1 amide bonds. The molecule has 3 rings (SSSR count). The second kappa shape index (κ2) is 10.2. The van der Waals surface area contributed by atoms with Gasteiger partial charge in [-0.3, -0.25) is 4.79 Å². The number of ether oxygens (including phenoxy) is 1. The van der Waals surface area contributed by atoms with Crippen molar-refractivity contribution in [2.24, 2.45) is 0 Å². The van der Waals surface area contributed by atoms with Crippen LogP contribution in [0.3, 0.4) is 0 Å². The predicted octanol–water partition coefficient (Wildman–Crippen LogP) is 2.95. The maximum absolute atomic E-state index is 12.6. The SMILES string of the molecule is CCn1c(SCC(=O)Nc2cc(S(=O)(=O)N(C)C)ccc2OC)nnc1-c1ccccc1. The number of benzene rings is 2. The number of thioether (sulfide) groups is 1. The smallest absolute Gasteiger partial charge is 0.242 e. The van der Waals surface area contributed by atoms with Crippen LogP contribution < -0.4 is 10.1 Å². The summed E-state index contributed by atoms with van der Waals surface area (Å²) in [4.78, 5) is 12.7. The van der Waals surface area contributed by atoms with Crippen LogP contribution in [-0.2, 0) is 21.4 Å². The lowest BCUT2D eigenvalue weighted by Gasteiger charge is -2.15. The number of rotatable bonds is 9. The van der Waals surface area contributed by atoms with Crippen LogP contribution in [0.5, 0.6) is 5.75 Å². The summed E-state index contributed by atoms with van der Waals surface area (Å²) in [6, 6.07) is 14.1. The minimum Gasteiger partial charge on any atom is -0.495 e. The van der Waals surface area contributed by atoms with Crippen molar-refractivity contribution in [1.82, 2.24) is 19.1 Å². The van der Waals surface area contributed by atoms with Crippen LogP contribution in [0.4, 0.5) is 5.69 Å². The van der Waals surface area contributed by atoms with Gasteiger partial charge in [-0.2, -0.15) is 0 Å². The molecule has 0 fully saturated rings. The molecule has 1 N–H and O–H groups in total. The second-order valence-electron chi connectivity index (χ2n) is 6.90. The highest BCUT2D eigenvalue weighted by atomic mass is 32.2. The van der Waals surface area contributed by atoms with Crippen molar-refractivity contribution in [2.75, 3.05) is 32.3 Å². The minimum absolute atomic E-state index is 0.0597. The second-order valence-corrected chi connectivity index (χ2v) is 10.00. The summed E-state index contributed by atoms with van der Waals surface area (Å²) in [7, 11) is 0.698. The van der Waals surface area contributed by atoms with Crippen molar-refractivity contribution in [2.45, 2.75) is 23.5 Å². The van der Waals surface area contributed by atoms with E-state index in [4.69, 9.17) is 4.74 Å². The molecule has 0 bridgehead atoms. The quantitative estimate of drug-likeness (QED) is 0.474. The first kappa shape index (κ1) is 23.8. The van der Waals surface area contributed by atoms with Gasteiger partial charge in [-0.05, 0) is 25.1 Å². The average molecular weight is 476 g/mol. The zero-order valence-corrected chi connectivity index (χ0v) is 19.9. The fourth-order valence-electron chi connectivity index (χ4n) is 2.95. The molecule has 11 heteroatoms. The van der Waals surface area contributed by atoms with Crippen LogP contribution in [-0.4, -0.2) is 60.4 Å². The Morgan fingerprint density at radius 1 is 1.16 bits per heavy atom. The van der Waals surface area contributed by atoms with Crippen molar-refractivity contribution in [3.8, 4) is 17.1 Å². The highest BCUT2D eigenvalue weighted by Crippen LogP contribution is 2.29. The van der Waals surface area contributed by atoms with E-state index < -0.39 is 10.0 Å². The van der Waals surface area contributed by atoms with E-state index >= 15 is 0 Å². The maximum Gasteiger partial charge on any atom is 0.242 e. The van der Waals surface area contributed by atoms with Gasteiger partial charge in [-0.15, -0.1) is 10.2 Å². The molecule has 0 aliphatic carbocycles. The minimum atomic E-state index is -3.65. The Balaban J connectivity index is 1.75. The zero-order chi connectivity index (χ0) is 23.3. The van der Waals surface area contributed by atoms with Crippen LogP contribution in [0, 0.1) is 0 Å². The number of aromatic nitrogens is 3. The first-order chi connectivity index (χ1) is 15.3. The number of nitrogens with one attached hydrogen (secondary N) is 1. The number of carbonyl (C=O) groups is 1. The van der Waals surface area contributed by atoms with Crippen molar-refractivity contribution in [3.63, 3.8) is 0 Å². The number of amides is 1. The monoisotopic (exact) mass is 475 g/mol. The largest absolute Gasteiger partial charge is 0.495 e. The van der Waals surface area contributed by atoms with Gasteiger partial charge >= 0.3 is 0 Å². The highest BCUT2D eigenvalue weighted by Gasteiger charge is 2.20. The number of methoxy groups -OCH3 is 1. The fourth-order valence-corrected chi connectivity index (χ4v) is 4.68. The number of anilines is 1. The summed E-state index contributed by atoms with van der Waals surface area (Å²) >= 11 is 1.25. The van der Waals surface area contributed by atoms with Crippen molar-refractivity contribution < 1.29 is 17.9 Å². The third kappa shape index (κ3) is 5.12. The molecule has 1 heterocycles. The van der Waals surface area contributed by atoms with Gasteiger partial charge in [-0.1, -0.05) is 42.1 Å². The molecule has 2 aromatic carbocycles. The Labute approximate surface area is 191 Å². The van der Waals surface area contributed by atoms with Crippen LogP contribution in [0.15, 0.2) is 58.6 Å².